The van der Waals surface area contributed by atoms with Crippen LogP contribution in [0.2, 0.25) is 10.0 Å². The molecule has 90 valence electrons. The summed E-state index contributed by atoms with van der Waals surface area (Å²) in [5.41, 5.74) is 7.35. The number of aromatic nitrogens is 2. The molecule has 2 aromatic heterocycles. The first kappa shape index (κ1) is 12.8. The number of aryl methyl sites for hydroxylation is 1. The Morgan fingerprint density at radius 1 is 1.41 bits per heavy atom. The molecule has 0 aliphatic heterocycles. The highest BCUT2D eigenvalue weighted by atomic mass is 35.5. The number of pyridine rings is 1. The Morgan fingerprint density at radius 2 is 2.18 bits per heavy atom. The Kier molecular flexibility index (Phi) is 3.99. The molecule has 2 heterocycles. The summed E-state index contributed by atoms with van der Waals surface area (Å²) in [6, 6.07) is 1.67. The number of rotatable bonds is 3. The summed E-state index contributed by atoms with van der Waals surface area (Å²) in [5.74, 6) is 0. The Morgan fingerprint density at radius 3 is 2.71 bits per heavy atom. The van der Waals surface area contributed by atoms with Gasteiger partial charge >= 0.3 is 0 Å². The first-order valence-electron chi connectivity index (χ1n) is 5.15. The summed E-state index contributed by atoms with van der Waals surface area (Å²) in [6.07, 6.45) is 2.42. The highest BCUT2D eigenvalue weighted by Gasteiger charge is 2.14. The molecule has 0 fully saturated rings. The van der Waals surface area contributed by atoms with Gasteiger partial charge in [-0.25, -0.2) is 4.98 Å². The Bertz CT molecular complexity index is 518. The Labute approximate surface area is 114 Å². The van der Waals surface area contributed by atoms with E-state index < -0.39 is 0 Å². The molecule has 0 aliphatic rings. The average molecular weight is 288 g/mol. The minimum absolute atomic E-state index is 0.492. The first-order valence-corrected chi connectivity index (χ1v) is 6.73. The van der Waals surface area contributed by atoms with E-state index in [1.165, 1.54) is 11.3 Å². The van der Waals surface area contributed by atoms with Gasteiger partial charge in [-0.2, -0.15) is 0 Å². The molecular weight excluding hydrogens is 277 g/mol. The van der Waals surface area contributed by atoms with Gasteiger partial charge in [-0.15, -0.1) is 11.3 Å². The predicted molar refractivity (Wildman–Crippen MR) is 72.6 cm³/mol. The van der Waals surface area contributed by atoms with Gasteiger partial charge in [0.15, 0.2) is 0 Å². The summed E-state index contributed by atoms with van der Waals surface area (Å²) < 4.78 is 0. The molecule has 0 saturated heterocycles. The minimum atomic E-state index is 0.492. The number of nitrogens with two attached hydrogens (primary N) is 1. The molecule has 2 aromatic rings. The van der Waals surface area contributed by atoms with E-state index >= 15 is 0 Å². The molecule has 17 heavy (non-hydrogen) atoms. The van der Waals surface area contributed by atoms with Crippen LogP contribution in [0.25, 0.3) is 10.7 Å². The van der Waals surface area contributed by atoms with Crippen LogP contribution in [0.1, 0.15) is 17.5 Å². The molecule has 0 spiro atoms. The van der Waals surface area contributed by atoms with E-state index in [2.05, 4.69) is 16.9 Å². The van der Waals surface area contributed by atoms with Gasteiger partial charge in [0.1, 0.15) is 10.7 Å². The second-order valence-corrected chi connectivity index (χ2v) is 5.36. The quantitative estimate of drug-likeness (QED) is 0.940. The van der Waals surface area contributed by atoms with Crippen LogP contribution in [0, 0.1) is 0 Å². The van der Waals surface area contributed by atoms with Gasteiger partial charge in [0.25, 0.3) is 0 Å². The van der Waals surface area contributed by atoms with Crippen molar-refractivity contribution in [1.29, 1.82) is 0 Å². The van der Waals surface area contributed by atoms with Gasteiger partial charge in [-0.05, 0) is 12.5 Å². The Balaban J connectivity index is 2.49. The SMILES string of the molecule is CCc1nc(-c2ncc(Cl)cc2Cl)sc1CN. The lowest BCUT2D eigenvalue weighted by Gasteiger charge is -1.98. The van der Waals surface area contributed by atoms with Crippen molar-refractivity contribution >= 4 is 34.5 Å². The molecule has 0 bridgehead atoms. The molecule has 2 N–H and O–H groups in total. The number of hydrogen-bond donors (Lipinski definition) is 1. The minimum Gasteiger partial charge on any atom is -0.326 e. The third kappa shape index (κ3) is 2.60. The normalized spacial score (nSPS) is 10.8. The summed E-state index contributed by atoms with van der Waals surface area (Å²) >= 11 is 13.4. The summed E-state index contributed by atoms with van der Waals surface area (Å²) in [7, 11) is 0. The van der Waals surface area contributed by atoms with E-state index in [9.17, 15) is 0 Å². The highest BCUT2D eigenvalue weighted by Crippen LogP contribution is 2.32. The van der Waals surface area contributed by atoms with Crippen molar-refractivity contribution in [1.82, 2.24) is 9.97 Å². The number of halogens is 2. The maximum absolute atomic E-state index is 6.10. The van der Waals surface area contributed by atoms with Crippen LogP contribution in [-0.4, -0.2) is 9.97 Å². The van der Waals surface area contributed by atoms with E-state index in [1.54, 1.807) is 12.3 Å². The summed E-state index contributed by atoms with van der Waals surface area (Å²) in [6.45, 7) is 2.54. The van der Waals surface area contributed by atoms with Crippen molar-refractivity contribution in [3.8, 4) is 10.7 Å². The fourth-order valence-corrected chi connectivity index (χ4v) is 3.06. The Hall–Kier alpha value is -0.680. The zero-order chi connectivity index (χ0) is 12.4. The molecule has 0 radical (unpaired) electrons. The standard InChI is InChI=1S/C11H11Cl2N3S/c1-2-8-9(4-14)17-11(16-8)10-7(13)3-6(12)5-15-10/h3,5H,2,4,14H2,1H3. The maximum atomic E-state index is 6.10. The van der Waals surface area contributed by atoms with Crippen molar-refractivity contribution in [2.75, 3.05) is 0 Å². The summed E-state index contributed by atoms with van der Waals surface area (Å²) in [4.78, 5) is 9.80. The van der Waals surface area contributed by atoms with Crippen LogP contribution in [0.5, 0.6) is 0 Å². The maximum Gasteiger partial charge on any atom is 0.143 e. The van der Waals surface area contributed by atoms with E-state index in [-0.39, 0.29) is 0 Å². The largest absolute Gasteiger partial charge is 0.326 e. The zero-order valence-corrected chi connectivity index (χ0v) is 11.5. The van der Waals surface area contributed by atoms with E-state index in [0.717, 1.165) is 22.0 Å². The topological polar surface area (TPSA) is 51.8 Å². The van der Waals surface area contributed by atoms with Crippen LogP contribution in [0.4, 0.5) is 0 Å². The van der Waals surface area contributed by atoms with Crippen molar-refractivity contribution in [3.05, 3.63) is 32.9 Å². The third-order valence-electron chi connectivity index (χ3n) is 2.31. The van der Waals surface area contributed by atoms with Gasteiger partial charge in [0, 0.05) is 17.6 Å². The second-order valence-electron chi connectivity index (χ2n) is 3.43. The number of nitrogens with zero attached hydrogens (tertiary/aromatic N) is 2. The second kappa shape index (κ2) is 5.31. The molecule has 0 amide bonds. The zero-order valence-electron chi connectivity index (χ0n) is 9.20. The van der Waals surface area contributed by atoms with Crippen LogP contribution in [-0.2, 0) is 13.0 Å². The monoisotopic (exact) mass is 287 g/mol. The van der Waals surface area contributed by atoms with Gasteiger partial charge in [0.2, 0.25) is 0 Å². The average Bonchev–Trinajstić information content (AvgIpc) is 2.72. The molecule has 0 atom stereocenters. The lowest BCUT2D eigenvalue weighted by molar-refractivity contribution is 0.988. The molecule has 3 nitrogen and oxygen atoms in total. The molecule has 0 unspecified atom stereocenters. The van der Waals surface area contributed by atoms with Crippen molar-refractivity contribution in [2.24, 2.45) is 5.73 Å². The molecule has 0 saturated carbocycles. The van der Waals surface area contributed by atoms with Crippen LogP contribution in [0.3, 0.4) is 0 Å². The van der Waals surface area contributed by atoms with E-state index in [0.29, 0.717) is 22.3 Å². The molecule has 6 heteroatoms. The van der Waals surface area contributed by atoms with Gasteiger partial charge < -0.3 is 5.73 Å². The fraction of sp³-hybridized carbons (Fsp3) is 0.273. The van der Waals surface area contributed by atoms with E-state index in [4.69, 9.17) is 28.9 Å². The molecule has 0 aromatic carbocycles. The lowest BCUT2D eigenvalue weighted by atomic mass is 10.3. The van der Waals surface area contributed by atoms with Crippen LogP contribution >= 0.6 is 34.5 Å². The fourth-order valence-electron chi connectivity index (χ4n) is 1.49. The lowest BCUT2D eigenvalue weighted by Crippen LogP contribution is -1.96. The molecular formula is C11H11Cl2N3S. The molecule has 0 aliphatic carbocycles. The number of hydrogen-bond acceptors (Lipinski definition) is 4. The third-order valence-corrected chi connectivity index (χ3v) is 3.93. The number of thiazole rings is 1. The van der Waals surface area contributed by atoms with Crippen molar-refractivity contribution < 1.29 is 0 Å². The van der Waals surface area contributed by atoms with Gasteiger partial charge in [0.05, 0.1) is 15.7 Å². The van der Waals surface area contributed by atoms with E-state index in [1.807, 2.05) is 0 Å². The summed E-state index contributed by atoms with van der Waals surface area (Å²) in [5, 5.41) is 1.83. The van der Waals surface area contributed by atoms with Crippen molar-refractivity contribution in [2.45, 2.75) is 19.9 Å². The smallest absolute Gasteiger partial charge is 0.143 e. The first-order chi connectivity index (χ1) is 8.15. The van der Waals surface area contributed by atoms with Crippen LogP contribution < -0.4 is 5.73 Å². The highest BCUT2D eigenvalue weighted by molar-refractivity contribution is 7.15. The van der Waals surface area contributed by atoms with Crippen LogP contribution in [0.15, 0.2) is 12.3 Å². The van der Waals surface area contributed by atoms with Crippen molar-refractivity contribution in [3.63, 3.8) is 0 Å². The molecule has 2 rings (SSSR count). The van der Waals surface area contributed by atoms with Gasteiger partial charge in [-0.3, -0.25) is 4.98 Å². The predicted octanol–water partition coefficient (Wildman–Crippen LogP) is 3.53. The van der Waals surface area contributed by atoms with Gasteiger partial charge in [-0.1, -0.05) is 30.1 Å².